The van der Waals surface area contributed by atoms with Gasteiger partial charge in [-0.25, -0.2) is 9.97 Å². The summed E-state index contributed by atoms with van der Waals surface area (Å²) >= 11 is 0. The van der Waals surface area contributed by atoms with Crippen molar-refractivity contribution in [3.05, 3.63) is 53.3 Å². The lowest BCUT2D eigenvalue weighted by Gasteiger charge is -2.18. The Balaban J connectivity index is 2.20. The smallest absolute Gasteiger partial charge is 0.226 e. The van der Waals surface area contributed by atoms with Gasteiger partial charge in [0, 0.05) is 19.8 Å². The van der Waals surface area contributed by atoms with E-state index < -0.39 is 0 Å². The topological polar surface area (TPSA) is 78.9 Å². The summed E-state index contributed by atoms with van der Waals surface area (Å²) in [6, 6.07) is 9.83. The van der Waals surface area contributed by atoms with Gasteiger partial charge in [-0.1, -0.05) is 24.3 Å². The molecule has 0 saturated heterocycles. The van der Waals surface area contributed by atoms with E-state index in [-0.39, 0.29) is 5.84 Å². The summed E-state index contributed by atoms with van der Waals surface area (Å²) in [5.74, 6) is 0.517. The van der Waals surface area contributed by atoms with Gasteiger partial charge in [0.1, 0.15) is 11.5 Å². The van der Waals surface area contributed by atoms with Crippen LogP contribution in [0.1, 0.15) is 16.8 Å². The van der Waals surface area contributed by atoms with Crippen LogP contribution in [0.4, 0.5) is 5.95 Å². The SMILES string of the molecule is Cc1ccccc1CN(C)c1nccc(C(=N)N)n1. The van der Waals surface area contributed by atoms with Crippen molar-refractivity contribution >= 4 is 11.8 Å². The Labute approximate surface area is 112 Å². The summed E-state index contributed by atoms with van der Waals surface area (Å²) in [5.41, 5.74) is 8.34. The van der Waals surface area contributed by atoms with Crippen LogP contribution in [0.3, 0.4) is 0 Å². The van der Waals surface area contributed by atoms with Gasteiger partial charge < -0.3 is 10.6 Å². The van der Waals surface area contributed by atoms with E-state index in [0.717, 1.165) is 0 Å². The van der Waals surface area contributed by atoms with Gasteiger partial charge in [0.15, 0.2) is 0 Å². The third-order valence-electron chi connectivity index (χ3n) is 2.93. The maximum absolute atomic E-state index is 7.40. The highest BCUT2D eigenvalue weighted by Crippen LogP contribution is 2.13. The third kappa shape index (κ3) is 3.07. The Morgan fingerprint density at radius 3 is 2.74 bits per heavy atom. The van der Waals surface area contributed by atoms with E-state index >= 15 is 0 Å². The van der Waals surface area contributed by atoms with Gasteiger partial charge in [-0.3, -0.25) is 5.41 Å². The molecule has 1 aromatic heterocycles. The highest BCUT2D eigenvalue weighted by molar-refractivity contribution is 5.93. The maximum atomic E-state index is 7.40. The summed E-state index contributed by atoms with van der Waals surface area (Å²) in [5, 5.41) is 7.40. The molecule has 1 aromatic carbocycles. The fourth-order valence-corrected chi connectivity index (χ4v) is 1.80. The van der Waals surface area contributed by atoms with Gasteiger partial charge in [0.2, 0.25) is 5.95 Å². The van der Waals surface area contributed by atoms with Gasteiger partial charge in [-0.15, -0.1) is 0 Å². The molecule has 5 heteroatoms. The highest BCUT2D eigenvalue weighted by Gasteiger charge is 2.08. The number of nitrogens with two attached hydrogens (primary N) is 1. The van der Waals surface area contributed by atoms with Gasteiger partial charge >= 0.3 is 0 Å². The Morgan fingerprint density at radius 1 is 1.32 bits per heavy atom. The summed E-state index contributed by atoms with van der Waals surface area (Å²) in [6.45, 7) is 2.80. The van der Waals surface area contributed by atoms with Crippen LogP contribution in [0, 0.1) is 12.3 Å². The predicted octanol–water partition coefficient (Wildman–Crippen LogP) is 1.71. The van der Waals surface area contributed by atoms with Crippen LogP contribution in [-0.4, -0.2) is 22.9 Å². The predicted molar refractivity (Wildman–Crippen MR) is 76.3 cm³/mol. The third-order valence-corrected chi connectivity index (χ3v) is 2.93. The number of nitrogens with zero attached hydrogens (tertiary/aromatic N) is 3. The van der Waals surface area contributed by atoms with E-state index in [4.69, 9.17) is 11.1 Å². The van der Waals surface area contributed by atoms with Crippen molar-refractivity contribution < 1.29 is 0 Å². The van der Waals surface area contributed by atoms with Crippen LogP contribution in [0.15, 0.2) is 36.5 Å². The number of aromatic nitrogens is 2. The molecule has 2 aromatic rings. The van der Waals surface area contributed by atoms with Crippen molar-refractivity contribution in [1.82, 2.24) is 9.97 Å². The molecule has 19 heavy (non-hydrogen) atoms. The van der Waals surface area contributed by atoms with Gasteiger partial charge in [0.25, 0.3) is 0 Å². The minimum absolute atomic E-state index is 0.0482. The first kappa shape index (κ1) is 13.0. The lowest BCUT2D eigenvalue weighted by Crippen LogP contribution is -2.22. The Bertz CT molecular complexity index is 594. The molecule has 0 radical (unpaired) electrons. The molecule has 0 aliphatic rings. The molecule has 0 unspecified atom stereocenters. The van der Waals surface area contributed by atoms with Crippen LogP contribution in [0.25, 0.3) is 0 Å². The Kier molecular flexibility index (Phi) is 3.75. The number of hydrogen-bond acceptors (Lipinski definition) is 4. The van der Waals surface area contributed by atoms with Gasteiger partial charge in [-0.05, 0) is 24.1 Å². The second-order valence-electron chi connectivity index (χ2n) is 4.44. The molecule has 3 N–H and O–H groups in total. The van der Waals surface area contributed by atoms with E-state index in [2.05, 4.69) is 29.0 Å². The minimum Gasteiger partial charge on any atom is -0.382 e. The molecule has 98 valence electrons. The second kappa shape index (κ2) is 5.48. The molecule has 5 nitrogen and oxygen atoms in total. The number of aryl methyl sites for hydroxylation is 1. The molecule has 0 aliphatic heterocycles. The van der Waals surface area contributed by atoms with Crippen molar-refractivity contribution in [1.29, 1.82) is 5.41 Å². The van der Waals surface area contributed by atoms with Crippen LogP contribution in [0.2, 0.25) is 0 Å². The summed E-state index contributed by atoms with van der Waals surface area (Å²) in [7, 11) is 1.92. The number of rotatable bonds is 4. The first-order valence-electron chi connectivity index (χ1n) is 6.01. The summed E-state index contributed by atoms with van der Waals surface area (Å²) < 4.78 is 0. The van der Waals surface area contributed by atoms with Crippen molar-refractivity contribution in [2.75, 3.05) is 11.9 Å². The molecule has 0 amide bonds. The van der Waals surface area contributed by atoms with Crippen molar-refractivity contribution in [3.63, 3.8) is 0 Å². The van der Waals surface area contributed by atoms with Gasteiger partial charge in [-0.2, -0.15) is 0 Å². The molecule has 0 fully saturated rings. The molecule has 0 spiro atoms. The quantitative estimate of drug-likeness (QED) is 0.644. The monoisotopic (exact) mass is 255 g/mol. The first-order valence-corrected chi connectivity index (χ1v) is 6.01. The molecule has 0 aliphatic carbocycles. The first-order chi connectivity index (χ1) is 9.08. The standard InChI is InChI=1S/C14H17N5/c1-10-5-3-4-6-11(10)9-19(2)14-17-8-7-12(18-14)13(15)16/h3-8H,9H2,1-2H3,(H3,15,16). The van der Waals surface area contributed by atoms with Gasteiger partial charge in [0.05, 0.1) is 0 Å². The second-order valence-corrected chi connectivity index (χ2v) is 4.44. The van der Waals surface area contributed by atoms with Crippen LogP contribution in [0.5, 0.6) is 0 Å². The van der Waals surface area contributed by atoms with E-state index in [1.165, 1.54) is 11.1 Å². The van der Waals surface area contributed by atoms with E-state index in [0.29, 0.717) is 18.2 Å². The Morgan fingerprint density at radius 2 is 2.05 bits per heavy atom. The normalized spacial score (nSPS) is 10.2. The van der Waals surface area contributed by atoms with Crippen LogP contribution in [-0.2, 0) is 6.54 Å². The molecule has 2 rings (SSSR count). The molecular weight excluding hydrogens is 238 g/mol. The fraction of sp³-hybridized carbons (Fsp3) is 0.214. The zero-order valence-corrected chi connectivity index (χ0v) is 11.1. The highest BCUT2D eigenvalue weighted by atomic mass is 15.2. The molecule has 0 bridgehead atoms. The van der Waals surface area contributed by atoms with E-state index in [9.17, 15) is 0 Å². The molecule has 0 atom stereocenters. The van der Waals surface area contributed by atoms with Crippen LogP contribution < -0.4 is 10.6 Å². The Hall–Kier alpha value is -2.43. The minimum atomic E-state index is -0.0482. The fourth-order valence-electron chi connectivity index (χ4n) is 1.80. The number of nitrogens with one attached hydrogen (secondary N) is 1. The molecule has 0 saturated carbocycles. The number of nitrogen functional groups attached to an aromatic ring is 1. The summed E-state index contributed by atoms with van der Waals surface area (Å²) in [6.07, 6.45) is 1.62. The summed E-state index contributed by atoms with van der Waals surface area (Å²) in [4.78, 5) is 10.4. The molecular formula is C14H17N5. The zero-order chi connectivity index (χ0) is 13.8. The van der Waals surface area contributed by atoms with Crippen molar-refractivity contribution in [2.45, 2.75) is 13.5 Å². The largest absolute Gasteiger partial charge is 0.382 e. The zero-order valence-electron chi connectivity index (χ0n) is 11.1. The van der Waals surface area contributed by atoms with Crippen LogP contribution >= 0.6 is 0 Å². The number of amidine groups is 1. The van der Waals surface area contributed by atoms with E-state index in [1.807, 2.05) is 24.1 Å². The lowest BCUT2D eigenvalue weighted by atomic mass is 10.1. The molecule has 1 heterocycles. The number of hydrogen-bond donors (Lipinski definition) is 2. The number of anilines is 1. The van der Waals surface area contributed by atoms with Crippen molar-refractivity contribution in [2.24, 2.45) is 5.73 Å². The van der Waals surface area contributed by atoms with Crippen molar-refractivity contribution in [3.8, 4) is 0 Å². The lowest BCUT2D eigenvalue weighted by molar-refractivity contribution is 0.859. The average molecular weight is 255 g/mol. The average Bonchev–Trinajstić information content (AvgIpc) is 2.41. The number of benzene rings is 1. The van der Waals surface area contributed by atoms with E-state index in [1.54, 1.807) is 12.3 Å². The maximum Gasteiger partial charge on any atom is 0.226 e.